The van der Waals surface area contributed by atoms with E-state index in [-0.39, 0.29) is 12.3 Å². The molecule has 0 saturated carbocycles. The predicted molar refractivity (Wildman–Crippen MR) is 88.5 cm³/mol. The SMILES string of the molecule is CCN(C(=O)CCl)S(=O)(=O)Oc1ccc2c(c1)C(C)(C)C(OC)O2. The number of hydrogen-bond donors (Lipinski definition) is 0. The number of alkyl halides is 1. The van der Waals surface area contributed by atoms with Crippen LogP contribution in [-0.4, -0.2) is 44.5 Å². The van der Waals surface area contributed by atoms with E-state index in [2.05, 4.69) is 0 Å². The normalized spacial score (nSPS) is 18.6. The second kappa shape index (κ2) is 6.78. The van der Waals surface area contributed by atoms with Crippen LogP contribution < -0.4 is 8.92 Å². The summed E-state index contributed by atoms with van der Waals surface area (Å²) in [6.07, 6.45) is -0.482. The second-order valence-electron chi connectivity index (χ2n) is 5.80. The quantitative estimate of drug-likeness (QED) is 0.705. The van der Waals surface area contributed by atoms with Gasteiger partial charge in [0, 0.05) is 19.2 Å². The van der Waals surface area contributed by atoms with Crippen LogP contribution in [0.1, 0.15) is 26.3 Å². The third kappa shape index (κ3) is 3.31. The maximum atomic E-state index is 12.3. The zero-order chi connectivity index (χ0) is 18.1. The number of carbonyl (C=O) groups excluding carboxylic acids is 1. The lowest BCUT2D eigenvalue weighted by Crippen LogP contribution is -2.40. The van der Waals surface area contributed by atoms with Crippen molar-refractivity contribution in [1.82, 2.24) is 4.31 Å². The maximum Gasteiger partial charge on any atom is 0.412 e. The number of ether oxygens (including phenoxy) is 2. The summed E-state index contributed by atoms with van der Waals surface area (Å²) in [5, 5.41) is 0. The fraction of sp³-hybridized carbons (Fsp3) is 0.533. The molecule has 1 heterocycles. The fourth-order valence-corrected chi connectivity index (χ4v) is 3.87. The van der Waals surface area contributed by atoms with Crippen molar-refractivity contribution in [2.45, 2.75) is 32.5 Å². The van der Waals surface area contributed by atoms with Crippen LogP contribution >= 0.6 is 11.6 Å². The van der Waals surface area contributed by atoms with Crippen molar-refractivity contribution in [3.63, 3.8) is 0 Å². The molecule has 1 unspecified atom stereocenters. The molecule has 1 aromatic carbocycles. The Bertz CT molecular complexity index is 733. The van der Waals surface area contributed by atoms with Gasteiger partial charge in [0.05, 0.1) is 5.41 Å². The van der Waals surface area contributed by atoms with Gasteiger partial charge < -0.3 is 13.7 Å². The van der Waals surface area contributed by atoms with Crippen LogP contribution in [0.3, 0.4) is 0 Å². The van der Waals surface area contributed by atoms with Gasteiger partial charge in [0.15, 0.2) is 0 Å². The number of fused-ring (bicyclic) bond motifs is 1. The molecule has 0 aromatic heterocycles. The molecule has 9 heteroatoms. The summed E-state index contributed by atoms with van der Waals surface area (Å²) in [5.41, 5.74) is 0.276. The number of methoxy groups -OCH3 is 1. The van der Waals surface area contributed by atoms with Crippen LogP contribution in [-0.2, 0) is 25.3 Å². The molecule has 0 bridgehead atoms. The summed E-state index contributed by atoms with van der Waals surface area (Å²) in [5.74, 6) is -0.510. The molecular formula is C15H20ClNO6S. The van der Waals surface area contributed by atoms with Gasteiger partial charge in [-0.3, -0.25) is 4.79 Å². The maximum absolute atomic E-state index is 12.3. The minimum atomic E-state index is -4.28. The molecule has 0 N–H and O–H groups in total. The largest absolute Gasteiger partial charge is 0.464 e. The van der Waals surface area contributed by atoms with E-state index in [9.17, 15) is 13.2 Å². The Labute approximate surface area is 146 Å². The first kappa shape index (κ1) is 18.8. The zero-order valence-electron chi connectivity index (χ0n) is 13.9. The number of halogens is 1. The highest BCUT2D eigenvalue weighted by molar-refractivity contribution is 7.85. The monoisotopic (exact) mass is 377 g/mol. The number of nitrogens with zero attached hydrogens (tertiary/aromatic N) is 1. The summed E-state index contributed by atoms with van der Waals surface area (Å²) in [7, 11) is -2.74. The van der Waals surface area contributed by atoms with Gasteiger partial charge in [-0.25, -0.2) is 4.31 Å². The van der Waals surface area contributed by atoms with Crippen molar-refractivity contribution in [3.8, 4) is 11.5 Å². The molecule has 0 aliphatic carbocycles. The lowest BCUT2D eigenvalue weighted by Gasteiger charge is -2.24. The van der Waals surface area contributed by atoms with Gasteiger partial charge in [-0.1, -0.05) is 0 Å². The van der Waals surface area contributed by atoms with E-state index in [1.54, 1.807) is 12.1 Å². The number of carbonyl (C=O) groups is 1. The molecule has 2 rings (SSSR count). The molecular weight excluding hydrogens is 358 g/mol. The van der Waals surface area contributed by atoms with E-state index in [0.717, 1.165) is 5.56 Å². The van der Waals surface area contributed by atoms with Crippen molar-refractivity contribution in [3.05, 3.63) is 23.8 Å². The van der Waals surface area contributed by atoms with Gasteiger partial charge >= 0.3 is 10.3 Å². The molecule has 24 heavy (non-hydrogen) atoms. The molecule has 0 spiro atoms. The zero-order valence-corrected chi connectivity index (χ0v) is 15.5. The predicted octanol–water partition coefficient (Wildman–Crippen LogP) is 2.04. The highest BCUT2D eigenvalue weighted by Gasteiger charge is 2.42. The Morgan fingerprint density at radius 1 is 1.42 bits per heavy atom. The average Bonchev–Trinajstić information content (AvgIpc) is 2.77. The van der Waals surface area contributed by atoms with E-state index in [1.807, 2.05) is 13.8 Å². The molecule has 1 atom stereocenters. The van der Waals surface area contributed by atoms with Crippen molar-refractivity contribution in [2.75, 3.05) is 19.5 Å². The summed E-state index contributed by atoms with van der Waals surface area (Å²) in [4.78, 5) is 11.7. The Balaban J connectivity index is 2.32. The molecule has 0 radical (unpaired) electrons. The number of hydrogen-bond acceptors (Lipinski definition) is 6. The summed E-state index contributed by atoms with van der Waals surface area (Å²) < 4.78 is 41.2. The van der Waals surface area contributed by atoms with Gasteiger partial charge in [-0.05, 0) is 39.0 Å². The lowest BCUT2D eigenvalue weighted by atomic mass is 9.85. The molecule has 1 aromatic rings. The van der Waals surface area contributed by atoms with E-state index in [0.29, 0.717) is 10.1 Å². The third-order valence-electron chi connectivity index (χ3n) is 3.83. The van der Waals surface area contributed by atoms with Crippen molar-refractivity contribution >= 4 is 27.8 Å². The van der Waals surface area contributed by atoms with Crippen LogP contribution in [0.4, 0.5) is 0 Å². The molecule has 0 saturated heterocycles. The van der Waals surface area contributed by atoms with E-state index >= 15 is 0 Å². The number of amides is 1. The van der Waals surface area contributed by atoms with Crippen molar-refractivity contribution in [2.24, 2.45) is 0 Å². The number of benzene rings is 1. The van der Waals surface area contributed by atoms with Crippen LogP contribution in [0.15, 0.2) is 18.2 Å². The van der Waals surface area contributed by atoms with Crippen molar-refractivity contribution in [1.29, 1.82) is 0 Å². The fourth-order valence-electron chi connectivity index (χ4n) is 2.59. The highest BCUT2D eigenvalue weighted by Crippen LogP contribution is 2.44. The van der Waals surface area contributed by atoms with E-state index < -0.39 is 33.8 Å². The van der Waals surface area contributed by atoms with Crippen molar-refractivity contribution < 1.29 is 26.9 Å². The first-order valence-corrected chi connectivity index (χ1v) is 9.22. The average molecular weight is 378 g/mol. The minimum Gasteiger partial charge on any atom is -0.464 e. The molecule has 7 nitrogen and oxygen atoms in total. The highest BCUT2D eigenvalue weighted by atomic mass is 35.5. The third-order valence-corrected chi connectivity index (χ3v) is 5.47. The van der Waals surface area contributed by atoms with Crippen LogP contribution in [0, 0.1) is 0 Å². The second-order valence-corrected chi connectivity index (χ2v) is 7.53. The first-order valence-electron chi connectivity index (χ1n) is 7.32. The molecule has 0 fully saturated rings. The smallest absolute Gasteiger partial charge is 0.412 e. The lowest BCUT2D eigenvalue weighted by molar-refractivity contribution is -0.124. The molecule has 1 aliphatic heterocycles. The van der Waals surface area contributed by atoms with E-state index in [4.69, 9.17) is 25.3 Å². The Morgan fingerprint density at radius 3 is 2.62 bits per heavy atom. The van der Waals surface area contributed by atoms with Crippen LogP contribution in [0.2, 0.25) is 0 Å². The van der Waals surface area contributed by atoms with Gasteiger partial charge in [-0.2, -0.15) is 8.42 Å². The Hall–Kier alpha value is -1.51. The van der Waals surface area contributed by atoms with Gasteiger partial charge in [0.25, 0.3) is 5.91 Å². The minimum absolute atomic E-state index is 0.0703. The van der Waals surface area contributed by atoms with E-state index in [1.165, 1.54) is 20.1 Å². The topological polar surface area (TPSA) is 82.1 Å². The molecule has 1 amide bonds. The van der Waals surface area contributed by atoms with Gasteiger partial charge in [0.1, 0.15) is 17.4 Å². The Morgan fingerprint density at radius 2 is 2.08 bits per heavy atom. The summed E-state index contributed by atoms with van der Waals surface area (Å²) in [6, 6.07) is 4.65. The summed E-state index contributed by atoms with van der Waals surface area (Å²) >= 11 is 5.44. The Kier molecular flexibility index (Phi) is 5.31. The molecule has 134 valence electrons. The van der Waals surface area contributed by atoms with Gasteiger partial charge in [0.2, 0.25) is 6.29 Å². The summed E-state index contributed by atoms with van der Waals surface area (Å²) in [6.45, 7) is 5.29. The number of rotatable bonds is 6. The standard InChI is InChI=1S/C15H20ClNO6S/c1-5-17(13(18)9-16)24(19,20)23-10-6-7-12-11(8-10)15(2,3)14(21-4)22-12/h6-8,14H,5,9H2,1-4H3. The van der Waals surface area contributed by atoms with Crippen LogP contribution in [0.25, 0.3) is 0 Å². The molecule has 1 aliphatic rings. The first-order chi connectivity index (χ1) is 11.2. The van der Waals surface area contributed by atoms with Gasteiger partial charge in [-0.15, -0.1) is 11.6 Å². The van der Waals surface area contributed by atoms with Crippen LogP contribution in [0.5, 0.6) is 11.5 Å².